The SMILES string of the molecule is O=C(CCCC(=O)O[C@H]1Cc2c(O)cc(O)cc2O[C@@H]1c1ccc(O)c(O)c1)O[C@H]1Cc2c(O)cc(O)cc2O[C@@H]1c1ccc(O)c(O)c1. The van der Waals surface area contributed by atoms with E-state index in [0.717, 1.165) is 12.1 Å². The molecule has 2 aliphatic rings. The Morgan fingerprint density at radius 3 is 1.35 bits per heavy atom. The quantitative estimate of drug-likeness (QED) is 0.0956. The van der Waals surface area contributed by atoms with E-state index < -0.39 is 47.9 Å². The van der Waals surface area contributed by atoms with Crippen molar-refractivity contribution in [3.8, 4) is 57.5 Å². The summed E-state index contributed by atoms with van der Waals surface area (Å²) in [7, 11) is 0. The lowest BCUT2D eigenvalue weighted by Crippen LogP contribution is -2.35. The van der Waals surface area contributed by atoms with Gasteiger partial charge in [0.2, 0.25) is 0 Å². The third kappa shape index (κ3) is 6.93. The number of rotatable bonds is 8. The van der Waals surface area contributed by atoms with Gasteiger partial charge in [0.1, 0.15) is 46.7 Å². The molecule has 49 heavy (non-hydrogen) atoms. The number of hydrogen-bond acceptors (Lipinski definition) is 14. The summed E-state index contributed by atoms with van der Waals surface area (Å²) in [5, 5.41) is 80.3. The summed E-state index contributed by atoms with van der Waals surface area (Å²) in [5.74, 6) is -3.77. The lowest BCUT2D eigenvalue weighted by molar-refractivity contribution is -0.157. The molecular formula is C35H32O14. The molecule has 0 radical (unpaired) electrons. The highest BCUT2D eigenvalue weighted by atomic mass is 16.6. The van der Waals surface area contributed by atoms with Crippen molar-refractivity contribution in [2.24, 2.45) is 0 Å². The second kappa shape index (κ2) is 13.1. The van der Waals surface area contributed by atoms with Gasteiger partial charge in [-0.15, -0.1) is 0 Å². The molecule has 0 aromatic heterocycles. The van der Waals surface area contributed by atoms with Crippen molar-refractivity contribution in [3.63, 3.8) is 0 Å². The molecule has 256 valence electrons. The summed E-state index contributed by atoms with van der Waals surface area (Å²) >= 11 is 0. The van der Waals surface area contributed by atoms with E-state index in [4.69, 9.17) is 18.9 Å². The Morgan fingerprint density at radius 1 is 0.551 bits per heavy atom. The molecular weight excluding hydrogens is 644 g/mol. The van der Waals surface area contributed by atoms with Gasteiger partial charge in [-0.05, 0) is 30.7 Å². The minimum Gasteiger partial charge on any atom is -0.508 e. The normalized spacial score (nSPS) is 19.4. The number of esters is 2. The fraction of sp³-hybridized carbons (Fsp3) is 0.257. The van der Waals surface area contributed by atoms with Crippen LogP contribution in [0, 0.1) is 0 Å². The molecule has 0 saturated heterocycles. The topological polar surface area (TPSA) is 233 Å². The third-order valence-electron chi connectivity index (χ3n) is 8.32. The van der Waals surface area contributed by atoms with Crippen LogP contribution in [0.4, 0.5) is 0 Å². The van der Waals surface area contributed by atoms with Gasteiger partial charge < -0.3 is 59.8 Å². The third-order valence-corrected chi connectivity index (χ3v) is 8.32. The Morgan fingerprint density at radius 2 is 0.959 bits per heavy atom. The molecule has 0 spiro atoms. The van der Waals surface area contributed by atoms with E-state index in [9.17, 15) is 50.4 Å². The average Bonchev–Trinajstić information content (AvgIpc) is 3.03. The maximum absolute atomic E-state index is 13.0. The summed E-state index contributed by atoms with van der Waals surface area (Å²) in [6.45, 7) is 0. The zero-order valence-electron chi connectivity index (χ0n) is 25.6. The molecule has 2 aliphatic heterocycles. The number of carbonyl (C=O) groups is 2. The highest BCUT2D eigenvalue weighted by molar-refractivity contribution is 5.73. The Kier molecular flexibility index (Phi) is 8.78. The van der Waals surface area contributed by atoms with E-state index in [1.165, 1.54) is 48.5 Å². The van der Waals surface area contributed by atoms with Gasteiger partial charge in [-0.3, -0.25) is 9.59 Å². The predicted octanol–water partition coefficient (Wildman–Crippen LogP) is 4.38. The highest BCUT2D eigenvalue weighted by Gasteiger charge is 2.38. The second-order valence-corrected chi connectivity index (χ2v) is 11.8. The Bertz CT molecular complexity index is 1780. The molecule has 0 fully saturated rings. The van der Waals surface area contributed by atoms with Crippen LogP contribution in [-0.4, -0.2) is 65.0 Å². The summed E-state index contributed by atoms with van der Waals surface area (Å²) < 4.78 is 23.4. The molecule has 14 nitrogen and oxygen atoms in total. The Labute approximate surface area is 278 Å². The number of aromatic hydroxyl groups is 8. The minimum atomic E-state index is -1.000. The van der Waals surface area contributed by atoms with E-state index in [2.05, 4.69) is 0 Å². The monoisotopic (exact) mass is 676 g/mol. The number of ether oxygens (including phenoxy) is 4. The number of benzene rings is 4. The second-order valence-electron chi connectivity index (χ2n) is 11.8. The van der Waals surface area contributed by atoms with Crippen LogP contribution >= 0.6 is 0 Å². The summed E-state index contributed by atoms with van der Waals surface area (Å²) in [4.78, 5) is 26.0. The van der Waals surface area contributed by atoms with Gasteiger partial charge in [-0.1, -0.05) is 12.1 Å². The maximum atomic E-state index is 13.0. The number of phenolic OH excluding ortho intramolecular Hbond substituents is 8. The molecule has 0 aliphatic carbocycles. The molecule has 8 N–H and O–H groups in total. The molecule has 0 amide bonds. The first kappa shape index (κ1) is 32.7. The van der Waals surface area contributed by atoms with Gasteiger partial charge in [-0.25, -0.2) is 0 Å². The lowest BCUT2D eigenvalue weighted by Gasteiger charge is -2.34. The molecule has 0 unspecified atom stereocenters. The minimum absolute atomic E-state index is 0.0104. The Hall–Kier alpha value is -6.18. The van der Waals surface area contributed by atoms with Crippen molar-refractivity contribution in [1.82, 2.24) is 0 Å². The van der Waals surface area contributed by atoms with Gasteiger partial charge in [0.25, 0.3) is 0 Å². The largest absolute Gasteiger partial charge is 0.508 e. The van der Waals surface area contributed by atoms with Crippen molar-refractivity contribution in [2.75, 3.05) is 0 Å². The van der Waals surface area contributed by atoms with Crippen LogP contribution in [0.2, 0.25) is 0 Å². The van der Waals surface area contributed by atoms with Gasteiger partial charge in [0, 0.05) is 72.2 Å². The summed E-state index contributed by atoms with van der Waals surface area (Å²) in [6.07, 6.45) is -4.41. The van der Waals surface area contributed by atoms with Crippen molar-refractivity contribution in [2.45, 2.75) is 56.5 Å². The fourth-order valence-corrected chi connectivity index (χ4v) is 5.94. The van der Waals surface area contributed by atoms with E-state index >= 15 is 0 Å². The van der Waals surface area contributed by atoms with Crippen molar-refractivity contribution in [3.05, 3.63) is 82.9 Å². The molecule has 0 bridgehead atoms. The van der Waals surface area contributed by atoms with Crippen molar-refractivity contribution < 1.29 is 69.4 Å². The van der Waals surface area contributed by atoms with Gasteiger partial charge in [-0.2, -0.15) is 0 Å². The van der Waals surface area contributed by atoms with Crippen molar-refractivity contribution >= 4 is 11.9 Å². The first-order valence-electron chi connectivity index (χ1n) is 15.2. The van der Waals surface area contributed by atoms with Gasteiger partial charge in [0.05, 0.1) is 0 Å². The van der Waals surface area contributed by atoms with E-state index in [1.54, 1.807) is 0 Å². The summed E-state index contributed by atoms with van der Waals surface area (Å²) in [5.41, 5.74) is 1.26. The average molecular weight is 677 g/mol. The molecule has 6 rings (SSSR count). The Balaban J connectivity index is 1.12. The lowest BCUT2D eigenvalue weighted by atomic mass is 9.93. The first-order chi connectivity index (χ1) is 23.4. The first-order valence-corrected chi connectivity index (χ1v) is 15.2. The van der Waals surface area contributed by atoms with E-state index in [-0.39, 0.29) is 89.2 Å². The predicted molar refractivity (Wildman–Crippen MR) is 167 cm³/mol. The highest BCUT2D eigenvalue weighted by Crippen LogP contribution is 2.45. The number of hydrogen-bond donors (Lipinski definition) is 8. The van der Waals surface area contributed by atoms with Crippen molar-refractivity contribution in [1.29, 1.82) is 0 Å². The van der Waals surface area contributed by atoms with Crippen LogP contribution in [0.15, 0.2) is 60.7 Å². The zero-order chi connectivity index (χ0) is 35.0. The maximum Gasteiger partial charge on any atom is 0.306 e. The number of phenols is 8. The number of carbonyl (C=O) groups excluding carboxylic acids is 2. The molecule has 4 atom stereocenters. The standard InChI is InChI=1S/C35H32O14/c36-18-10-24(40)20-14-30(34(48-28(20)12-18)16-4-6-22(38)26(42)8-16)46-32(44)2-1-3-33(45)47-31-15-21-25(41)11-19(37)13-29(21)49-35(31)17-5-7-23(39)27(43)9-17/h4-13,30-31,34-43H,1-3,14-15H2/t30-,31-,34+,35+/m0/s1. The molecule has 0 saturated carbocycles. The fourth-order valence-electron chi connectivity index (χ4n) is 5.94. The molecule has 4 aromatic carbocycles. The molecule has 2 heterocycles. The van der Waals surface area contributed by atoms with Crippen LogP contribution in [0.3, 0.4) is 0 Å². The smallest absolute Gasteiger partial charge is 0.306 e. The molecule has 4 aromatic rings. The van der Waals surface area contributed by atoms with Crippen LogP contribution in [0.1, 0.15) is 53.7 Å². The van der Waals surface area contributed by atoms with Gasteiger partial charge in [0.15, 0.2) is 35.2 Å². The molecule has 14 heteroatoms. The van der Waals surface area contributed by atoms with E-state index in [0.29, 0.717) is 11.1 Å². The zero-order valence-corrected chi connectivity index (χ0v) is 25.6. The van der Waals surface area contributed by atoms with Crippen LogP contribution in [-0.2, 0) is 31.9 Å². The van der Waals surface area contributed by atoms with Crippen LogP contribution in [0.25, 0.3) is 0 Å². The number of fused-ring (bicyclic) bond motifs is 2. The van der Waals surface area contributed by atoms with Crippen LogP contribution < -0.4 is 9.47 Å². The van der Waals surface area contributed by atoms with Crippen LogP contribution in [0.5, 0.6) is 57.5 Å². The van der Waals surface area contributed by atoms with E-state index in [1.807, 2.05) is 0 Å². The van der Waals surface area contributed by atoms with Gasteiger partial charge >= 0.3 is 11.9 Å². The summed E-state index contributed by atoms with van der Waals surface area (Å²) in [6, 6.07) is 12.7.